The fourth-order valence-corrected chi connectivity index (χ4v) is 5.59. The molecular weight excluding hydrogens is 458 g/mol. The highest BCUT2D eigenvalue weighted by Crippen LogP contribution is 2.40. The molecule has 12 heteroatoms. The first-order valence-electron chi connectivity index (χ1n) is 11.4. The molecule has 0 spiro atoms. The van der Waals surface area contributed by atoms with Crippen molar-refractivity contribution in [1.82, 2.24) is 34.7 Å². The van der Waals surface area contributed by atoms with Crippen molar-refractivity contribution in [2.24, 2.45) is 13.0 Å². The number of ether oxygens (including phenoxy) is 1. The summed E-state index contributed by atoms with van der Waals surface area (Å²) in [4.78, 5) is 18.5. The van der Waals surface area contributed by atoms with Gasteiger partial charge in [-0.3, -0.25) is 0 Å². The molecule has 0 radical (unpaired) electrons. The molecule has 0 atom stereocenters. The molecule has 0 saturated carbocycles. The van der Waals surface area contributed by atoms with Crippen molar-refractivity contribution < 1.29 is 19.7 Å². The smallest absolute Gasteiger partial charge is 0.416 e. The van der Waals surface area contributed by atoms with Crippen molar-refractivity contribution >= 4 is 17.9 Å². The third kappa shape index (κ3) is 4.41. The number of hydrogen-bond donors (Lipinski definition) is 2. The van der Waals surface area contributed by atoms with Crippen molar-refractivity contribution in [3.8, 4) is 23.3 Å². The number of likely N-dealkylation sites (tertiary alicyclic amines) is 1. The van der Waals surface area contributed by atoms with Crippen molar-refractivity contribution in [2.75, 3.05) is 18.8 Å². The third-order valence-electron chi connectivity index (χ3n) is 6.50. The van der Waals surface area contributed by atoms with Crippen molar-refractivity contribution in [3.63, 3.8) is 0 Å². The Balaban J connectivity index is 1.16. The van der Waals surface area contributed by atoms with Gasteiger partial charge in [-0.25, -0.2) is 19.0 Å². The highest BCUT2D eigenvalue weighted by molar-refractivity contribution is 7.99. The zero-order chi connectivity index (χ0) is 23.7. The van der Waals surface area contributed by atoms with E-state index in [1.165, 1.54) is 10.8 Å². The van der Waals surface area contributed by atoms with E-state index >= 15 is 0 Å². The van der Waals surface area contributed by atoms with Crippen LogP contribution in [0, 0.1) is 5.92 Å². The number of tetrazole rings is 1. The normalized spacial score (nSPS) is 16.4. The Morgan fingerprint density at radius 1 is 1.15 bits per heavy atom. The Morgan fingerprint density at radius 3 is 2.44 bits per heavy atom. The highest BCUT2D eigenvalue weighted by atomic mass is 32.2. The highest BCUT2D eigenvalue weighted by Gasteiger charge is 2.27. The first kappa shape index (κ1) is 22.5. The van der Waals surface area contributed by atoms with Crippen LogP contribution in [0.1, 0.15) is 36.8 Å². The number of nitrogens with zero attached hydrogens (tertiary/aromatic N) is 7. The zero-order valence-electron chi connectivity index (χ0n) is 18.9. The van der Waals surface area contributed by atoms with Crippen LogP contribution in [-0.2, 0) is 19.9 Å². The summed E-state index contributed by atoms with van der Waals surface area (Å²) in [6.07, 6.45) is 6.31. The molecule has 2 N–H and O–H groups in total. The summed E-state index contributed by atoms with van der Waals surface area (Å²) in [5.41, 5.74) is 2.12. The van der Waals surface area contributed by atoms with E-state index in [1.54, 1.807) is 33.5 Å². The lowest BCUT2D eigenvalue weighted by Crippen LogP contribution is -2.40. The van der Waals surface area contributed by atoms with Crippen LogP contribution in [0.15, 0.2) is 23.5 Å². The summed E-state index contributed by atoms with van der Waals surface area (Å²) in [5, 5.41) is 33.4. The fourth-order valence-electron chi connectivity index (χ4n) is 4.55. The maximum absolute atomic E-state index is 12.6. The molecule has 3 aromatic heterocycles. The van der Waals surface area contributed by atoms with Gasteiger partial charge in [0.2, 0.25) is 22.8 Å². The van der Waals surface area contributed by atoms with E-state index in [4.69, 9.17) is 4.74 Å². The Bertz CT molecular complexity index is 1140. The van der Waals surface area contributed by atoms with Crippen LogP contribution in [0.25, 0.3) is 5.69 Å². The van der Waals surface area contributed by atoms with E-state index in [2.05, 4.69) is 20.5 Å². The summed E-state index contributed by atoms with van der Waals surface area (Å²) in [7, 11) is 1.82. The molecule has 11 nitrogen and oxygen atoms in total. The molecule has 2 aliphatic rings. The monoisotopic (exact) mass is 485 g/mol. The van der Waals surface area contributed by atoms with E-state index < -0.39 is 6.09 Å². The molecule has 3 aromatic rings. The molecule has 180 valence electrons. The topological polar surface area (TPSA) is 131 Å². The SMILES string of the molecule is Cn1nnnc1SCC1CCN(C(=O)Oc2ccc(-n3c(O)c4c(c3O)CCCC4)cn2)CC1. The number of aromatic nitrogens is 6. The molecule has 1 saturated heterocycles. The Hall–Kier alpha value is -3.28. The second-order valence-corrected chi connectivity index (χ2v) is 9.68. The Kier molecular flexibility index (Phi) is 6.31. The van der Waals surface area contributed by atoms with E-state index in [0.717, 1.165) is 60.6 Å². The summed E-state index contributed by atoms with van der Waals surface area (Å²) < 4.78 is 8.52. The van der Waals surface area contributed by atoms with Crippen LogP contribution in [0.2, 0.25) is 0 Å². The maximum atomic E-state index is 12.6. The lowest BCUT2D eigenvalue weighted by Gasteiger charge is -2.30. The van der Waals surface area contributed by atoms with Gasteiger partial charge in [0.25, 0.3) is 0 Å². The molecular formula is C22H27N7O4S. The molecule has 0 unspecified atom stereocenters. The number of carbonyl (C=O) groups is 1. The maximum Gasteiger partial charge on any atom is 0.416 e. The van der Waals surface area contributed by atoms with Gasteiger partial charge in [-0.1, -0.05) is 11.8 Å². The summed E-state index contributed by atoms with van der Waals surface area (Å²) in [5.74, 6) is 1.67. The van der Waals surface area contributed by atoms with E-state index in [9.17, 15) is 15.0 Å². The first-order chi connectivity index (χ1) is 16.5. The van der Waals surface area contributed by atoms with Crippen LogP contribution in [0.4, 0.5) is 4.79 Å². The van der Waals surface area contributed by atoms with Crippen molar-refractivity contribution in [2.45, 2.75) is 43.7 Å². The van der Waals surface area contributed by atoms with Crippen LogP contribution in [0.3, 0.4) is 0 Å². The second kappa shape index (κ2) is 9.53. The molecule has 1 fully saturated rings. The van der Waals surface area contributed by atoms with Gasteiger partial charge in [0.15, 0.2) is 0 Å². The molecule has 1 aliphatic heterocycles. The lowest BCUT2D eigenvalue weighted by atomic mass is 9.95. The Morgan fingerprint density at radius 2 is 1.85 bits per heavy atom. The number of rotatable bonds is 5. The number of aromatic hydroxyl groups is 2. The average molecular weight is 486 g/mol. The van der Waals surface area contributed by atoms with Gasteiger partial charge < -0.3 is 19.8 Å². The van der Waals surface area contributed by atoms with Crippen molar-refractivity contribution in [1.29, 1.82) is 0 Å². The van der Waals surface area contributed by atoms with E-state index in [0.29, 0.717) is 24.7 Å². The van der Waals surface area contributed by atoms with Gasteiger partial charge in [-0.2, -0.15) is 0 Å². The lowest BCUT2D eigenvalue weighted by molar-refractivity contribution is 0.132. The predicted octanol–water partition coefficient (Wildman–Crippen LogP) is 2.69. The summed E-state index contributed by atoms with van der Waals surface area (Å²) >= 11 is 1.63. The number of piperidine rings is 1. The van der Waals surface area contributed by atoms with Crippen LogP contribution in [-0.4, -0.2) is 69.8 Å². The largest absolute Gasteiger partial charge is 0.494 e. The number of pyridine rings is 1. The first-order valence-corrected chi connectivity index (χ1v) is 12.4. The van der Waals surface area contributed by atoms with Gasteiger partial charge in [0.1, 0.15) is 0 Å². The molecule has 1 aliphatic carbocycles. The number of fused-ring (bicyclic) bond motifs is 1. The Labute approximate surface area is 200 Å². The number of carbonyl (C=O) groups excluding carboxylic acids is 1. The third-order valence-corrected chi connectivity index (χ3v) is 7.75. The molecule has 4 heterocycles. The fraction of sp³-hybridized carbons (Fsp3) is 0.500. The van der Waals surface area contributed by atoms with Crippen LogP contribution >= 0.6 is 11.8 Å². The quantitative estimate of drug-likeness (QED) is 0.524. The molecule has 0 bridgehead atoms. The molecule has 34 heavy (non-hydrogen) atoms. The minimum absolute atomic E-state index is 0.0511. The van der Waals surface area contributed by atoms with E-state index in [-0.39, 0.29) is 17.6 Å². The second-order valence-electron chi connectivity index (χ2n) is 8.70. The molecule has 0 aromatic carbocycles. The standard InChI is InChI=1S/C22H27N7O4S/c1-27-21(24-25-26-27)34-13-14-8-10-28(11-9-14)22(32)33-18-7-6-15(12-23-18)29-19(30)16-4-2-3-5-17(16)20(29)31/h6-7,12,14,30-31H,2-5,8-11,13H2,1H3. The number of amides is 1. The molecule has 5 rings (SSSR count). The zero-order valence-corrected chi connectivity index (χ0v) is 19.7. The minimum Gasteiger partial charge on any atom is -0.494 e. The summed E-state index contributed by atoms with van der Waals surface area (Å²) in [6, 6.07) is 3.24. The number of hydrogen-bond acceptors (Lipinski definition) is 9. The number of thioether (sulfide) groups is 1. The van der Waals surface area contributed by atoms with Gasteiger partial charge in [0, 0.05) is 43.1 Å². The average Bonchev–Trinajstić information content (AvgIpc) is 3.39. The minimum atomic E-state index is -0.425. The van der Waals surface area contributed by atoms with Gasteiger partial charge in [-0.05, 0) is 60.9 Å². The number of aryl methyl sites for hydroxylation is 1. The molecule has 1 amide bonds. The van der Waals surface area contributed by atoms with Gasteiger partial charge >= 0.3 is 6.09 Å². The van der Waals surface area contributed by atoms with E-state index in [1.807, 2.05) is 7.05 Å². The van der Waals surface area contributed by atoms with Gasteiger partial charge in [-0.15, -0.1) is 5.10 Å². The predicted molar refractivity (Wildman–Crippen MR) is 123 cm³/mol. The van der Waals surface area contributed by atoms with Gasteiger partial charge in [0.05, 0.1) is 11.9 Å². The van der Waals surface area contributed by atoms with Crippen molar-refractivity contribution in [3.05, 3.63) is 29.5 Å². The van der Waals surface area contributed by atoms with Crippen LogP contribution in [0.5, 0.6) is 17.6 Å². The van der Waals surface area contributed by atoms with Crippen LogP contribution < -0.4 is 4.74 Å². The summed E-state index contributed by atoms with van der Waals surface area (Å²) in [6.45, 7) is 1.24.